The fourth-order valence-electron chi connectivity index (χ4n) is 4.75. The van der Waals surface area contributed by atoms with Gasteiger partial charge in [0.25, 0.3) is 0 Å². The number of aliphatic imine (C=N–C) groups is 1. The number of fused-ring (bicyclic) bond motifs is 1. The van der Waals surface area contributed by atoms with Gasteiger partial charge in [0.05, 0.1) is 0 Å². The highest BCUT2D eigenvalue weighted by Crippen LogP contribution is 2.32. The molecule has 2 atom stereocenters. The molecule has 1 aliphatic carbocycles. The van der Waals surface area contributed by atoms with Gasteiger partial charge in [-0.05, 0) is 56.6 Å². The molecule has 0 aromatic heterocycles. The molecule has 4 heteroatoms. The molecule has 3 aliphatic rings. The Morgan fingerprint density at radius 2 is 1.92 bits per heavy atom. The lowest BCUT2D eigenvalue weighted by Gasteiger charge is -2.48. The van der Waals surface area contributed by atoms with Gasteiger partial charge >= 0.3 is 0 Å². The van der Waals surface area contributed by atoms with E-state index >= 15 is 0 Å². The van der Waals surface area contributed by atoms with Crippen molar-refractivity contribution in [3.8, 4) is 0 Å². The van der Waals surface area contributed by atoms with Crippen LogP contribution in [0.2, 0.25) is 0 Å². The molecule has 1 aromatic rings. The molecule has 1 aromatic carbocycles. The molecule has 2 heterocycles. The first kappa shape index (κ1) is 16.9. The lowest BCUT2D eigenvalue weighted by Crippen LogP contribution is -2.58. The summed E-state index contributed by atoms with van der Waals surface area (Å²) in [6.45, 7) is 4.67. The van der Waals surface area contributed by atoms with E-state index in [1.807, 2.05) is 7.05 Å². The molecule has 3 fully saturated rings. The van der Waals surface area contributed by atoms with Crippen LogP contribution in [0.25, 0.3) is 0 Å². The summed E-state index contributed by atoms with van der Waals surface area (Å²) >= 11 is 0. The number of hydrogen-bond donors (Lipinski definition) is 1. The maximum Gasteiger partial charge on any atom is 0.193 e. The first-order valence-corrected chi connectivity index (χ1v) is 10.1. The first-order valence-electron chi connectivity index (χ1n) is 10.1. The second-order valence-corrected chi connectivity index (χ2v) is 7.98. The number of guanidine groups is 1. The van der Waals surface area contributed by atoms with Crippen molar-refractivity contribution < 1.29 is 0 Å². The van der Waals surface area contributed by atoms with Gasteiger partial charge in [-0.3, -0.25) is 9.89 Å². The lowest BCUT2D eigenvalue weighted by atomic mass is 9.83. The summed E-state index contributed by atoms with van der Waals surface area (Å²) in [6.07, 6.45) is 7.95. The molecule has 0 amide bonds. The third kappa shape index (κ3) is 3.84. The highest BCUT2D eigenvalue weighted by atomic mass is 15.3. The van der Waals surface area contributed by atoms with Gasteiger partial charge in [0.2, 0.25) is 0 Å². The fraction of sp³-hybridized carbons (Fsp3) is 0.667. The Morgan fingerprint density at radius 1 is 1.08 bits per heavy atom. The molecule has 0 spiro atoms. The molecule has 1 saturated carbocycles. The Kier molecular flexibility index (Phi) is 5.25. The van der Waals surface area contributed by atoms with Gasteiger partial charge in [-0.1, -0.05) is 30.3 Å². The molecular weight excluding hydrogens is 308 g/mol. The number of hydrogen-bond acceptors (Lipinski definition) is 2. The zero-order chi connectivity index (χ0) is 17.1. The average Bonchev–Trinajstić information content (AvgIpc) is 2.62. The van der Waals surface area contributed by atoms with Crippen molar-refractivity contribution in [2.75, 3.05) is 26.7 Å². The third-order valence-electron chi connectivity index (χ3n) is 6.36. The molecule has 4 rings (SSSR count). The second kappa shape index (κ2) is 7.77. The Hall–Kier alpha value is -1.55. The van der Waals surface area contributed by atoms with Crippen LogP contribution in [-0.4, -0.2) is 54.5 Å². The summed E-state index contributed by atoms with van der Waals surface area (Å²) in [6, 6.07) is 12.4. The van der Waals surface area contributed by atoms with Gasteiger partial charge in [0.1, 0.15) is 0 Å². The van der Waals surface area contributed by atoms with Gasteiger partial charge in [-0.25, -0.2) is 0 Å². The smallest absolute Gasteiger partial charge is 0.193 e. The van der Waals surface area contributed by atoms with E-state index < -0.39 is 0 Å². The Morgan fingerprint density at radius 3 is 2.64 bits per heavy atom. The number of nitrogens with one attached hydrogen (secondary N) is 1. The van der Waals surface area contributed by atoms with Gasteiger partial charge in [0.15, 0.2) is 5.96 Å². The predicted molar refractivity (Wildman–Crippen MR) is 104 cm³/mol. The van der Waals surface area contributed by atoms with Crippen LogP contribution in [0.5, 0.6) is 0 Å². The molecule has 0 radical (unpaired) electrons. The number of benzene rings is 1. The van der Waals surface area contributed by atoms with Crippen LogP contribution in [0, 0.1) is 5.92 Å². The summed E-state index contributed by atoms with van der Waals surface area (Å²) in [5.74, 6) is 1.93. The van der Waals surface area contributed by atoms with E-state index in [2.05, 4.69) is 50.4 Å². The highest BCUT2D eigenvalue weighted by Gasteiger charge is 2.37. The van der Waals surface area contributed by atoms with E-state index in [1.165, 1.54) is 57.2 Å². The minimum Gasteiger partial charge on any atom is -0.354 e. The zero-order valence-electron chi connectivity index (χ0n) is 15.5. The maximum absolute atomic E-state index is 4.58. The van der Waals surface area contributed by atoms with Crippen LogP contribution in [0.15, 0.2) is 35.3 Å². The minimum atomic E-state index is 0.664. The zero-order valence-corrected chi connectivity index (χ0v) is 15.5. The lowest BCUT2D eigenvalue weighted by molar-refractivity contribution is 0.0369. The van der Waals surface area contributed by atoms with E-state index in [0.29, 0.717) is 6.04 Å². The molecule has 136 valence electrons. The predicted octanol–water partition coefficient (Wildman–Crippen LogP) is 3.10. The topological polar surface area (TPSA) is 30.9 Å². The van der Waals surface area contributed by atoms with Crippen molar-refractivity contribution in [2.24, 2.45) is 10.9 Å². The molecule has 2 aliphatic heterocycles. The molecule has 4 nitrogen and oxygen atoms in total. The Labute approximate surface area is 152 Å². The van der Waals surface area contributed by atoms with E-state index in [0.717, 1.165) is 31.0 Å². The van der Waals surface area contributed by atoms with Crippen LogP contribution in [0.3, 0.4) is 0 Å². The Balaban J connectivity index is 1.38. The normalized spacial score (nSPS) is 28.4. The van der Waals surface area contributed by atoms with E-state index in [4.69, 9.17) is 0 Å². The van der Waals surface area contributed by atoms with Gasteiger partial charge < -0.3 is 10.2 Å². The first-order chi connectivity index (χ1) is 12.3. The summed E-state index contributed by atoms with van der Waals surface area (Å²) in [5, 5.41) is 3.68. The van der Waals surface area contributed by atoms with Crippen LogP contribution >= 0.6 is 0 Å². The quantitative estimate of drug-likeness (QED) is 0.677. The number of nitrogens with zero attached hydrogens (tertiary/aromatic N) is 3. The second-order valence-electron chi connectivity index (χ2n) is 7.98. The van der Waals surface area contributed by atoms with Crippen LogP contribution in [-0.2, 0) is 6.54 Å². The van der Waals surface area contributed by atoms with Crippen LogP contribution in [0.1, 0.15) is 44.1 Å². The molecule has 0 bridgehead atoms. The molecule has 1 N–H and O–H groups in total. The van der Waals surface area contributed by atoms with Crippen molar-refractivity contribution in [3.05, 3.63) is 35.9 Å². The standard InChI is InChI=1S/C21H32N4/c1-22-21(23-19-10-5-11-19)25-14-12-20-18(16-25)9-6-13-24(20)15-17-7-3-2-4-8-17/h2-4,7-8,18-20H,5-6,9-16H2,1H3,(H,22,23). The molecule has 2 unspecified atom stereocenters. The van der Waals surface area contributed by atoms with Crippen LogP contribution in [0.4, 0.5) is 0 Å². The summed E-state index contributed by atoms with van der Waals surface area (Å²) < 4.78 is 0. The SMILES string of the molecule is CN=C(NC1CCC1)N1CCC2C(CCCN2Cc2ccccc2)C1. The van der Waals surface area contributed by atoms with Crippen molar-refractivity contribution in [1.29, 1.82) is 0 Å². The largest absolute Gasteiger partial charge is 0.354 e. The summed E-state index contributed by atoms with van der Waals surface area (Å²) in [5.41, 5.74) is 1.45. The van der Waals surface area contributed by atoms with Crippen molar-refractivity contribution in [3.63, 3.8) is 0 Å². The van der Waals surface area contributed by atoms with Gasteiger partial charge in [-0.15, -0.1) is 0 Å². The molecule has 25 heavy (non-hydrogen) atoms. The molecule has 2 saturated heterocycles. The van der Waals surface area contributed by atoms with Gasteiger partial charge in [0, 0.05) is 38.8 Å². The number of likely N-dealkylation sites (tertiary alicyclic amines) is 2. The average molecular weight is 341 g/mol. The van der Waals surface area contributed by atoms with Crippen molar-refractivity contribution >= 4 is 5.96 Å². The number of rotatable bonds is 3. The van der Waals surface area contributed by atoms with Crippen LogP contribution < -0.4 is 5.32 Å². The minimum absolute atomic E-state index is 0.664. The summed E-state index contributed by atoms with van der Waals surface area (Å²) in [7, 11) is 1.94. The van der Waals surface area contributed by atoms with E-state index in [-0.39, 0.29) is 0 Å². The van der Waals surface area contributed by atoms with E-state index in [1.54, 1.807) is 0 Å². The number of piperidine rings is 2. The van der Waals surface area contributed by atoms with Crippen molar-refractivity contribution in [2.45, 2.75) is 57.2 Å². The highest BCUT2D eigenvalue weighted by molar-refractivity contribution is 5.80. The Bertz CT molecular complexity index is 581. The molecular formula is C21H32N4. The monoisotopic (exact) mass is 340 g/mol. The van der Waals surface area contributed by atoms with E-state index in [9.17, 15) is 0 Å². The fourth-order valence-corrected chi connectivity index (χ4v) is 4.75. The van der Waals surface area contributed by atoms with Crippen molar-refractivity contribution in [1.82, 2.24) is 15.1 Å². The maximum atomic E-state index is 4.58. The summed E-state index contributed by atoms with van der Waals surface area (Å²) in [4.78, 5) is 9.83. The van der Waals surface area contributed by atoms with Gasteiger partial charge in [-0.2, -0.15) is 0 Å². The third-order valence-corrected chi connectivity index (χ3v) is 6.36.